The van der Waals surface area contributed by atoms with Gasteiger partial charge in [0, 0.05) is 25.8 Å². The quantitative estimate of drug-likeness (QED) is 0.577. The summed E-state index contributed by atoms with van der Waals surface area (Å²) >= 11 is 0. The third-order valence-electron chi connectivity index (χ3n) is 3.96. The Kier molecular flexibility index (Phi) is 5.41. The number of nitrogens with zero attached hydrogens (tertiary/aromatic N) is 1. The second kappa shape index (κ2) is 7.03. The Morgan fingerprint density at radius 3 is 2.52 bits per heavy atom. The molecule has 0 atom stereocenters. The lowest BCUT2D eigenvalue weighted by Gasteiger charge is -2.39. The van der Waals surface area contributed by atoms with E-state index in [1.165, 1.54) is 18.7 Å². The SMILES string of the molecule is COCCCCN1C(=O)C(C)(C)Oc2cc(C(F)(F)F)c(C=O)cc21. The first-order chi connectivity index (χ1) is 11.6. The Balaban J connectivity index is 2.47. The van der Waals surface area contributed by atoms with Crippen LogP contribution in [-0.2, 0) is 15.7 Å². The molecule has 0 saturated carbocycles. The molecular formula is C17H20F3NO4. The predicted octanol–water partition coefficient (Wildman–Crippen LogP) is 3.45. The Labute approximate surface area is 143 Å². The highest BCUT2D eigenvalue weighted by Crippen LogP contribution is 2.43. The Morgan fingerprint density at radius 2 is 1.96 bits per heavy atom. The normalized spacial score (nSPS) is 16.4. The molecule has 0 saturated heterocycles. The zero-order valence-corrected chi connectivity index (χ0v) is 14.3. The minimum atomic E-state index is -4.69. The Morgan fingerprint density at radius 1 is 1.28 bits per heavy atom. The second-order valence-electron chi connectivity index (χ2n) is 6.29. The summed E-state index contributed by atoms with van der Waals surface area (Å²) < 4.78 is 49.9. The highest BCUT2D eigenvalue weighted by atomic mass is 19.4. The first-order valence-corrected chi connectivity index (χ1v) is 7.82. The fourth-order valence-electron chi connectivity index (χ4n) is 2.71. The van der Waals surface area contributed by atoms with E-state index in [1.54, 1.807) is 7.11 Å². The van der Waals surface area contributed by atoms with Crippen LogP contribution < -0.4 is 9.64 Å². The van der Waals surface area contributed by atoms with Gasteiger partial charge in [0.05, 0.1) is 11.3 Å². The maximum Gasteiger partial charge on any atom is 0.417 e. The van der Waals surface area contributed by atoms with Gasteiger partial charge in [-0.1, -0.05) is 0 Å². The number of carbonyl (C=O) groups excluding carboxylic acids is 2. The number of anilines is 1. The topological polar surface area (TPSA) is 55.8 Å². The molecular weight excluding hydrogens is 339 g/mol. The molecule has 1 aliphatic heterocycles. The smallest absolute Gasteiger partial charge is 0.417 e. The largest absolute Gasteiger partial charge is 0.476 e. The number of unbranched alkanes of at least 4 members (excludes halogenated alkanes) is 1. The van der Waals surface area contributed by atoms with Gasteiger partial charge in [0.15, 0.2) is 11.9 Å². The van der Waals surface area contributed by atoms with Crippen molar-refractivity contribution < 1.29 is 32.2 Å². The average molecular weight is 359 g/mol. The van der Waals surface area contributed by atoms with Crippen LogP contribution in [0.2, 0.25) is 0 Å². The molecule has 0 aliphatic carbocycles. The number of hydrogen-bond donors (Lipinski definition) is 0. The van der Waals surface area contributed by atoms with Gasteiger partial charge in [-0.3, -0.25) is 9.59 Å². The predicted molar refractivity (Wildman–Crippen MR) is 85.0 cm³/mol. The van der Waals surface area contributed by atoms with Crippen molar-refractivity contribution in [1.29, 1.82) is 0 Å². The summed E-state index contributed by atoms with van der Waals surface area (Å²) in [6.45, 7) is 3.82. The maximum atomic E-state index is 13.2. The van der Waals surface area contributed by atoms with Gasteiger partial charge in [-0.2, -0.15) is 13.2 Å². The molecule has 1 amide bonds. The van der Waals surface area contributed by atoms with Gasteiger partial charge < -0.3 is 14.4 Å². The molecule has 0 fully saturated rings. The van der Waals surface area contributed by atoms with Crippen LogP contribution in [-0.4, -0.2) is 38.1 Å². The average Bonchev–Trinajstić information content (AvgIpc) is 2.52. The minimum Gasteiger partial charge on any atom is -0.476 e. The Bertz CT molecular complexity index is 671. The van der Waals surface area contributed by atoms with Gasteiger partial charge in [0.2, 0.25) is 0 Å². The van der Waals surface area contributed by atoms with Crippen molar-refractivity contribution in [3.05, 3.63) is 23.3 Å². The summed E-state index contributed by atoms with van der Waals surface area (Å²) in [6, 6.07) is 1.85. The summed E-state index contributed by atoms with van der Waals surface area (Å²) in [7, 11) is 1.56. The molecule has 0 aromatic heterocycles. The molecule has 0 radical (unpaired) electrons. The second-order valence-corrected chi connectivity index (χ2v) is 6.29. The van der Waals surface area contributed by atoms with E-state index in [0.717, 1.165) is 12.1 Å². The van der Waals surface area contributed by atoms with Crippen LogP contribution in [0.25, 0.3) is 0 Å². The molecule has 25 heavy (non-hydrogen) atoms. The zero-order valence-electron chi connectivity index (χ0n) is 14.3. The van der Waals surface area contributed by atoms with E-state index in [9.17, 15) is 22.8 Å². The van der Waals surface area contributed by atoms with Crippen molar-refractivity contribution in [2.75, 3.05) is 25.2 Å². The number of aldehydes is 1. The molecule has 5 nitrogen and oxygen atoms in total. The fourth-order valence-corrected chi connectivity index (χ4v) is 2.71. The molecule has 2 rings (SSSR count). The Hall–Kier alpha value is -2.09. The van der Waals surface area contributed by atoms with Crippen molar-refractivity contribution >= 4 is 17.9 Å². The highest BCUT2D eigenvalue weighted by Gasteiger charge is 2.43. The lowest BCUT2D eigenvalue weighted by atomic mass is 9.99. The highest BCUT2D eigenvalue weighted by molar-refractivity contribution is 6.03. The van der Waals surface area contributed by atoms with Crippen molar-refractivity contribution in [2.45, 2.75) is 38.5 Å². The molecule has 138 valence electrons. The summed E-state index contributed by atoms with van der Waals surface area (Å²) in [5, 5.41) is 0. The summed E-state index contributed by atoms with van der Waals surface area (Å²) in [5.41, 5.74) is -2.72. The van der Waals surface area contributed by atoms with Crippen molar-refractivity contribution in [3.63, 3.8) is 0 Å². The third kappa shape index (κ3) is 3.95. The van der Waals surface area contributed by atoms with Gasteiger partial charge in [-0.15, -0.1) is 0 Å². The number of alkyl halides is 3. The number of hydrogen-bond acceptors (Lipinski definition) is 4. The van der Waals surface area contributed by atoms with E-state index in [0.29, 0.717) is 26.0 Å². The number of fused-ring (bicyclic) bond motifs is 1. The summed E-state index contributed by atoms with van der Waals surface area (Å²) in [5.74, 6) is -0.428. The van der Waals surface area contributed by atoms with Gasteiger partial charge >= 0.3 is 6.18 Å². The van der Waals surface area contributed by atoms with Gasteiger partial charge in [0.1, 0.15) is 5.75 Å². The lowest BCUT2D eigenvalue weighted by Crippen LogP contribution is -2.52. The van der Waals surface area contributed by atoms with Gasteiger partial charge in [0.25, 0.3) is 5.91 Å². The number of methoxy groups -OCH3 is 1. The molecule has 1 aromatic rings. The van der Waals surface area contributed by atoms with Crippen LogP contribution in [0.5, 0.6) is 5.75 Å². The molecule has 0 unspecified atom stereocenters. The van der Waals surface area contributed by atoms with Crippen LogP contribution in [0.15, 0.2) is 12.1 Å². The van der Waals surface area contributed by atoms with E-state index in [-0.39, 0.29) is 23.6 Å². The lowest BCUT2D eigenvalue weighted by molar-refractivity contribution is -0.138. The monoisotopic (exact) mass is 359 g/mol. The van der Waals surface area contributed by atoms with E-state index in [1.807, 2.05) is 0 Å². The number of benzene rings is 1. The molecule has 0 N–H and O–H groups in total. The zero-order chi connectivity index (χ0) is 18.8. The van der Waals surface area contributed by atoms with Gasteiger partial charge in [-0.25, -0.2) is 0 Å². The fraction of sp³-hybridized carbons (Fsp3) is 0.529. The van der Waals surface area contributed by atoms with Crippen LogP contribution in [0, 0.1) is 0 Å². The van der Waals surface area contributed by atoms with Crippen molar-refractivity contribution in [3.8, 4) is 5.75 Å². The van der Waals surface area contributed by atoms with Crippen LogP contribution in [0.3, 0.4) is 0 Å². The van der Waals surface area contributed by atoms with Crippen LogP contribution in [0.1, 0.15) is 42.6 Å². The molecule has 0 spiro atoms. The molecule has 1 aromatic carbocycles. The van der Waals surface area contributed by atoms with Crippen molar-refractivity contribution in [1.82, 2.24) is 0 Å². The van der Waals surface area contributed by atoms with Gasteiger partial charge in [-0.05, 0) is 38.8 Å². The van der Waals surface area contributed by atoms with E-state index < -0.39 is 22.9 Å². The summed E-state index contributed by atoms with van der Waals surface area (Å²) in [6.07, 6.45) is -3.26. The molecule has 0 bridgehead atoms. The number of carbonyl (C=O) groups is 2. The minimum absolute atomic E-state index is 0.0609. The molecule has 1 heterocycles. The first-order valence-electron chi connectivity index (χ1n) is 7.82. The number of halogens is 3. The van der Waals surface area contributed by atoms with E-state index in [4.69, 9.17) is 9.47 Å². The maximum absolute atomic E-state index is 13.2. The number of ether oxygens (including phenoxy) is 2. The van der Waals surface area contributed by atoms with E-state index >= 15 is 0 Å². The van der Waals surface area contributed by atoms with Crippen LogP contribution in [0.4, 0.5) is 18.9 Å². The molecule has 8 heteroatoms. The summed E-state index contributed by atoms with van der Waals surface area (Å²) in [4.78, 5) is 25.1. The number of amides is 1. The first kappa shape index (κ1) is 19.2. The third-order valence-corrected chi connectivity index (χ3v) is 3.96. The van der Waals surface area contributed by atoms with E-state index in [2.05, 4.69) is 0 Å². The standard InChI is InChI=1S/C17H20F3NO4/c1-16(2)15(23)21(6-4-5-7-24-3)13-8-11(10-22)12(17(18,19)20)9-14(13)25-16/h8-10H,4-7H2,1-3H3. The molecule has 1 aliphatic rings. The number of rotatable bonds is 6. The van der Waals surface area contributed by atoms with Crippen LogP contribution >= 0.6 is 0 Å². The van der Waals surface area contributed by atoms with Crippen molar-refractivity contribution in [2.24, 2.45) is 0 Å².